The molecule has 2 aromatic heterocycles. The largest absolute Gasteiger partial charge is 0.396 e. The van der Waals surface area contributed by atoms with Crippen molar-refractivity contribution in [3.8, 4) is 11.1 Å². The van der Waals surface area contributed by atoms with E-state index in [1.54, 1.807) is 22.7 Å². The molecule has 0 atom stereocenters. The van der Waals surface area contributed by atoms with E-state index in [0.29, 0.717) is 12.8 Å². The van der Waals surface area contributed by atoms with Gasteiger partial charge in [0.2, 0.25) is 11.0 Å². The first-order valence-electron chi connectivity index (χ1n) is 11.8. The molecule has 34 heavy (non-hydrogen) atoms. The van der Waals surface area contributed by atoms with Gasteiger partial charge in [0.25, 0.3) is 0 Å². The van der Waals surface area contributed by atoms with E-state index in [2.05, 4.69) is 84.2 Å². The zero-order valence-electron chi connectivity index (χ0n) is 20.5. The van der Waals surface area contributed by atoms with E-state index < -0.39 is 0 Å². The quantitative estimate of drug-likeness (QED) is 0.338. The van der Waals surface area contributed by atoms with E-state index in [0.717, 1.165) is 13.1 Å². The minimum atomic E-state index is 0.184. The molecule has 4 rings (SSSR count). The first kappa shape index (κ1) is 24.7. The molecule has 0 unspecified atom stereocenters. The third-order valence-corrected chi connectivity index (χ3v) is 8.93. The second kappa shape index (κ2) is 10.9. The predicted molar refractivity (Wildman–Crippen MR) is 140 cm³/mol. The Morgan fingerprint density at radius 1 is 0.647 bits per heavy atom. The summed E-state index contributed by atoms with van der Waals surface area (Å²) in [5, 5.41) is 18.8. The molecule has 0 fully saturated rings. The average molecular weight is 495 g/mol. The number of nitrogens with zero attached hydrogens (tertiary/aromatic N) is 2. The Kier molecular flexibility index (Phi) is 7.94. The van der Waals surface area contributed by atoms with Crippen molar-refractivity contribution in [2.45, 2.75) is 53.6 Å². The zero-order chi connectivity index (χ0) is 24.2. The summed E-state index contributed by atoms with van der Waals surface area (Å²) in [7, 11) is 0. The van der Waals surface area contributed by atoms with Crippen LogP contribution in [0.1, 0.15) is 43.4 Å². The number of aliphatic hydroxyl groups is 2. The van der Waals surface area contributed by atoms with Crippen LogP contribution in [0.3, 0.4) is 0 Å². The fourth-order valence-electron chi connectivity index (χ4n) is 4.70. The number of thiazole rings is 2. The van der Waals surface area contributed by atoms with Crippen molar-refractivity contribution < 1.29 is 19.3 Å². The van der Waals surface area contributed by atoms with Gasteiger partial charge >= 0.3 is 0 Å². The zero-order valence-corrected chi connectivity index (χ0v) is 22.1. The van der Waals surface area contributed by atoms with Crippen molar-refractivity contribution in [3.63, 3.8) is 0 Å². The highest BCUT2D eigenvalue weighted by molar-refractivity contribution is 7.09. The van der Waals surface area contributed by atoms with Gasteiger partial charge in [0.15, 0.2) is 24.5 Å². The monoisotopic (exact) mass is 494 g/mol. The lowest BCUT2D eigenvalue weighted by molar-refractivity contribution is -0.690. The van der Waals surface area contributed by atoms with E-state index in [9.17, 15) is 10.2 Å². The van der Waals surface area contributed by atoms with Crippen molar-refractivity contribution >= 4 is 22.7 Å². The Morgan fingerprint density at radius 2 is 1.06 bits per heavy atom. The summed E-state index contributed by atoms with van der Waals surface area (Å²) in [6.45, 7) is 10.7. The van der Waals surface area contributed by atoms with E-state index in [1.165, 1.54) is 54.5 Å². The van der Waals surface area contributed by atoms with E-state index in [1.807, 2.05) is 0 Å². The van der Waals surface area contributed by atoms with Crippen LogP contribution in [0.2, 0.25) is 0 Å². The van der Waals surface area contributed by atoms with Gasteiger partial charge in [-0.2, -0.15) is 9.13 Å². The van der Waals surface area contributed by atoms with Gasteiger partial charge in [0.1, 0.15) is 0 Å². The molecule has 0 spiro atoms. The van der Waals surface area contributed by atoms with Crippen molar-refractivity contribution in [3.05, 3.63) is 90.8 Å². The molecule has 2 N–H and O–H groups in total. The van der Waals surface area contributed by atoms with Gasteiger partial charge in [-0.15, -0.1) is 0 Å². The van der Waals surface area contributed by atoms with Crippen LogP contribution in [0, 0.1) is 27.7 Å². The molecule has 0 amide bonds. The minimum Gasteiger partial charge on any atom is -0.396 e. The maximum absolute atomic E-state index is 9.39. The number of aromatic nitrogens is 2. The third-order valence-electron chi connectivity index (χ3n) is 6.64. The summed E-state index contributed by atoms with van der Waals surface area (Å²) in [5.41, 5.74) is 14.7. The van der Waals surface area contributed by atoms with E-state index in [-0.39, 0.29) is 13.2 Å². The number of benzene rings is 2. The molecule has 0 saturated carbocycles. The molecule has 0 radical (unpaired) electrons. The Labute approximate surface area is 210 Å². The summed E-state index contributed by atoms with van der Waals surface area (Å²) in [6.07, 6.45) is 1.42. The van der Waals surface area contributed by atoms with Crippen LogP contribution in [0.25, 0.3) is 11.1 Å². The van der Waals surface area contributed by atoms with Crippen LogP contribution in [-0.4, -0.2) is 23.4 Å². The molecule has 4 aromatic rings. The van der Waals surface area contributed by atoms with Crippen LogP contribution >= 0.6 is 22.7 Å². The molecule has 0 bridgehead atoms. The second-order valence-corrected chi connectivity index (χ2v) is 10.8. The smallest absolute Gasteiger partial charge is 0.225 e. The summed E-state index contributed by atoms with van der Waals surface area (Å²) in [4.78, 5) is 2.49. The first-order valence-corrected chi connectivity index (χ1v) is 13.5. The molecule has 4 nitrogen and oxygen atoms in total. The molecule has 0 aliphatic heterocycles. The van der Waals surface area contributed by atoms with Crippen molar-refractivity contribution in [1.82, 2.24) is 0 Å². The van der Waals surface area contributed by atoms with Crippen LogP contribution in [0.5, 0.6) is 0 Å². The number of hydrogen-bond donors (Lipinski definition) is 2. The SMILES string of the molecule is Cc1cccc(C[n+]2csc(CCO)c2C)c1-c1c(C)cccc1C[n+]1csc(CCO)c1C. The predicted octanol–water partition coefficient (Wildman–Crippen LogP) is 4.45. The van der Waals surface area contributed by atoms with Crippen LogP contribution in [-0.2, 0) is 25.9 Å². The van der Waals surface area contributed by atoms with Gasteiger partial charge in [-0.3, -0.25) is 0 Å². The summed E-state index contributed by atoms with van der Waals surface area (Å²) < 4.78 is 4.62. The average Bonchev–Trinajstić information content (AvgIpc) is 3.33. The molecule has 0 saturated heterocycles. The Hall–Kier alpha value is -2.38. The summed E-state index contributed by atoms with van der Waals surface area (Å²) in [6, 6.07) is 13.2. The van der Waals surface area contributed by atoms with Crippen molar-refractivity contribution in [1.29, 1.82) is 0 Å². The topological polar surface area (TPSA) is 48.2 Å². The molecule has 2 heterocycles. The molecule has 2 aromatic carbocycles. The number of aryl methyl sites for hydroxylation is 2. The van der Waals surface area contributed by atoms with Gasteiger partial charge in [-0.25, -0.2) is 0 Å². The lowest BCUT2D eigenvalue weighted by Gasteiger charge is -2.17. The standard InChI is InChI=1S/C28H34N2O2S2/c1-19-7-5-9-23(15-29-17-33-25(11-13-31)21(29)3)27(19)28-20(2)8-6-10-24(28)16-30-18-34-26(12-14-32)22(30)4/h5-10,17-18,31-32H,11-16H2,1-4H3/q+2. The van der Waals surface area contributed by atoms with Gasteiger partial charge in [0.05, 0.1) is 9.75 Å². The van der Waals surface area contributed by atoms with Gasteiger partial charge in [-0.05, 0) is 36.1 Å². The van der Waals surface area contributed by atoms with Gasteiger partial charge in [0, 0.05) is 51.0 Å². The fourth-order valence-corrected chi connectivity index (χ4v) is 6.67. The molecule has 178 valence electrons. The third kappa shape index (κ3) is 5.01. The lowest BCUT2D eigenvalue weighted by Crippen LogP contribution is -2.36. The maximum Gasteiger partial charge on any atom is 0.225 e. The lowest BCUT2D eigenvalue weighted by atomic mass is 9.88. The number of rotatable bonds is 9. The van der Waals surface area contributed by atoms with Gasteiger partial charge in [-0.1, -0.05) is 59.1 Å². The fraction of sp³-hybridized carbons (Fsp3) is 0.357. The summed E-state index contributed by atoms with van der Waals surface area (Å²) in [5.74, 6) is 0. The van der Waals surface area contributed by atoms with Crippen LogP contribution < -0.4 is 9.13 Å². The van der Waals surface area contributed by atoms with Crippen molar-refractivity contribution in [2.75, 3.05) is 13.2 Å². The van der Waals surface area contributed by atoms with Gasteiger partial charge < -0.3 is 10.2 Å². The highest BCUT2D eigenvalue weighted by atomic mass is 32.1. The molecular weight excluding hydrogens is 460 g/mol. The van der Waals surface area contributed by atoms with E-state index in [4.69, 9.17) is 0 Å². The Balaban J connectivity index is 1.77. The van der Waals surface area contributed by atoms with Crippen LogP contribution in [0.15, 0.2) is 47.4 Å². The normalized spacial score (nSPS) is 11.4. The van der Waals surface area contributed by atoms with E-state index >= 15 is 0 Å². The first-order chi connectivity index (χ1) is 16.4. The highest BCUT2D eigenvalue weighted by Crippen LogP contribution is 2.34. The van der Waals surface area contributed by atoms with Crippen LogP contribution in [0.4, 0.5) is 0 Å². The Bertz CT molecular complexity index is 1190. The molecule has 0 aliphatic carbocycles. The molecule has 6 heteroatoms. The highest BCUT2D eigenvalue weighted by Gasteiger charge is 2.23. The Morgan fingerprint density at radius 3 is 1.44 bits per heavy atom. The minimum absolute atomic E-state index is 0.184. The summed E-state index contributed by atoms with van der Waals surface area (Å²) >= 11 is 3.45. The molecular formula is C28H34N2O2S2+2. The maximum atomic E-state index is 9.39. The second-order valence-electron chi connectivity index (χ2n) is 8.88. The van der Waals surface area contributed by atoms with Crippen molar-refractivity contribution in [2.24, 2.45) is 0 Å². The number of aliphatic hydroxyl groups excluding tert-OH is 2. The molecule has 0 aliphatic rings. The number of hydrogen-bond acceptors (Lipinski definition) is 4.